The van der Waals surface area contributed by atoms with Gasteiger partial charge in [-0.25, -0.2) is 0 Å². The van der Waals surface area contributed by atoms with Gasteiger partial charge in [0.05, 0.1) is 5.60 Å². The van der Waals surface area contributed by atoms with Gasteiger partial charge in [0.1, 0.15) is 0 Å². The quantitative estimate of drug-likeness (QED) is 0.906. The van der Waals surface area contributed by atoms with Crippen LogP contribution < -0.4 is 10.6 Å². The summed E-state index contributed by atoms with van der Waals surface area (Å²) in [7, 11) is 1.82. The lowest BCUT2D eigenvalue weighted by atomic mass is 9.93. The molecule has 3 nitrogen and oxygen atoms in total. The summed E-state index contributed by atoms with van der Waals surface area (Å²) in [6, 6.07) is 8.80. The number of nitrogens with zero attached hydrogens (tertiary/aromatic N) is 1. The number of piperidine rings is 1. The van der Waals surface area contributed by atoms with E-state index < -0.39 is 0 Å². The molecule has 0 amide bonds. The first-order valence-electron chi connectivity index (χ1n) is 7.18. The molecule has 1 aliphatic rings. The van der Waals surface area contributed by atoms with Gasteiger partial charge in [-0.1, -0.05) is 18.2 Å². The Kier molecular flexibility index (Phi) is 4.48. The van der Waals surface area contributed by atoms with Crippen LogP contribution >= 0.6 is 0 Å². The van der Waals surface area contributed by atoms with Gasteiger partial charge in [0, 0.05) is 31.9 Å². The van der Waals surface area contributed by atoms with Gasteiger partial charge in [-0.2, -0.15) is 0 Å². The molecule has 3 heteroatoms. The number of benzene rings is 1. The summed E-state index contributed by atoms with van der Waals surface area (Å²) in [6.07, 6.45) is 3.24. The van der Waals surface area contributed by atoms with E-state index in [-0.39, 0.29) is 11.6 Å². The molecule has 2 rings (SSSR count). The van der Waals surface area contributed by atoms with Gasteiger partial charge in [-0.15, -0.1) is 0 Å². The highest BCUT2D eigenvalue weighted by Gasteiger charge is 2.31. The third-order valence-corrected chi connectivity index (χ3v) is 4.03. The van der Waals surface area contributed by atoms with Crippen molar-refractivity contribution >= 4 is 5.69 Å². The fraction of sp³-hybridized carbons (Fsp3) is 0.625. The zero-order chi connectivity index (χ0) is 13.9. The summed E-state index contributed by atoms with van der Waals surface area (Å²) in [5.41, 5.74) is 8.60. The Bertz CT molecular complexity index is 419. The molecular weight excluding hydrogens is 236 g/mol. The standard InChI is InChI=1S/C16H26N2O/c1-13(17)11-14-7-4-5-8-15(14)18-10-6-9-16(2,12-18)19-3/h4-5,7-8,13H,6,9-12,17H2,1-3H3. The van der Waals surface area contributed by atoms with E-state index in [4.69, 9.17) is 10.5 Å². The predicted molar refractivity (Wildman–Crippen MR) is 80.7 cm³/mol. The van der Waals surface area contributed by atoms with Crippen LogP contribution in [0.5, 0.6) is 0 Å². The molecule has 0 radical (unpaired) electrons. The van der Waals surface area contributed by atoms with Crippen molar-refractivity contribution in [2.24, 2.45) is 5.73 Å². The van der Waals surface area contributed by atoms with E-state index in [1.807, 2.05) is 7.11 Å². The van der Waals surface area contributed by atoms with E-state index in [1.54, 1.807) is 0 Å². The minimum Gasteiger partial charge on any atom is -0.377 e. The third-order valence-electron chi connectivity index (χ3n) is 4.03. The van der Waals surface area contributed by atoms with Gasteiger partial charge >= 0.3 is 0 Å². The van der Waals surface area contributed by atoms with Crippen LogP contribution in [0.4, 0.5) is 5.69 Å². The summed E-state index contributed by atoms with van der Waals surface area (Å²) < 4.78 is 5.68. The van der Waals surface area contributed by atoms with E-state index in [0.29, 0.717) is 0 Å². The zero-order valence-corrected chi connectivity index (χ0v) is 12.4. The lowest BCUT2D eigenvalue weighted by Crippen LogP contribution is -2.47. The van der Waals surface area contributed by atoms with Crippen LogP contribution in [0.25, 0.3) is 0 Å². The van der Waals surface area contributed by atoms with Crippen LogP contribution in [0.15, 0.2) is 24.3 Å². The number of anilines is 1. The molecule has 0 aliphatic carbocycles. The molecule has 0 saturated carbocycles. The largest absolute Gasteiger partial charge is 0.377 e. The molecular formula is C16H26N2O. The highest BCUT2D eigenvalue weighted by Crippen LogP contribution is 2.30. The van der Waals surface area contributed by atoms with Crippen molar-refractivity contribution in [1.29, 1.82) is 0 Å². The van der Waals surface area contributed by atoms with Crippen LogP contribution in [0, 0.1) is 0 Å². The van der Waals surface area contributed by atoms with Crippen molar-refractivity contribution in [3.63, 3.8) is 0 Å². The summed E-state index contributed by atoms with van der Waals surface area (Å²) in [6.45, 7) is 6.33. The second kappa shape index (κ2) is 5.93. The van der Waals surface area contributed by atoms with Crippen molar-refractivity contribution in [2.75, 3.05) is 25.1 Å². The topological polar surface area (TPSA) is 38.5 Å². The highest BCUT2D eigenvalue weighted by molar-refractivity contribution is 5.54. The minimum atomic E-state index is -0.0281. The number of rotatable bonds is 4. The van der Waals surface area contributed by atoms with Crippen LogP contribution in [-0.2, 0) is 11.2 Å². The van der Waals surface area contributed by atoms with E-state index in [0.717, 1.165) is 25.9 Å². The van der Waals surface area contributed by atoms with Crippen molar-refractivity contribution in [3.05, 3.63) is 29.8 Å². The number of hydrogen-bond acceptors (Lipinski definition) is 3. The Labute approximate surface area is 116 Å². The molecule has 19 heavy (non-hydrogen) atoms. The summed E-state index contributed by atoms with van der Waals surface area (Å²) >= 11 is 0. The third kappa shape index (κ3) is 3.48. The first kappa shape index (κ1) is 14.4. The second-order valence-electron chi connectivity index (χ2n) is 5.99. The molecule has 1 fully saturated rings. The maximum atomic E-state index is 5.96. The second-order valence-corrected chi connectivity index (χ2v) is 5.99. The van der Waals surface area contributed by atoms with Crippen molar-refractivity contribution in [3.8, 4) is 0 Å². The lowest BCUT2D eigenvalue weighted by Gasteiger charge is -2.41. The Morgan fingerprint density at radius 3 is 2.84 bits per heavy atom. The SMILES string of the molecule is COC1(C)CCCN(c2ccccc2CC(C)N)C1. The lowest BCUT2D eigenvalue weighted by molar-refractivity contribution is -0.00468. The molecule has 0 spiro atoms. The molecule has 1 saturated heterocycles. The highest BCUT2D eigenvalue weighted by atomic mass is 16.5. The number of hydrogen-bond donors (Lipinski definition) is 1. The molecule has 1 heterocycles. The maximum Gasteiger partial charge on any atom is 0.0825 e. The maximum absolute atomic E-state index is 5.96. The van der Waals surface area contributed by atoms with Gasteiger partial charge < -0.3 is 15.4 Å². The smallest absolute Gasteiger partial charge is 0.0825 e. The number of nitrogens with two attached hydrogens (primary N) is 1. The predicted octanol–water partition coefficient (Wildman–Crippen LogP) is 2.58. The van der Waals surface area contributed by atoms with Crippen LogP contribution in [0.3, 0.4) is 0 Å². The zero-order valence-electron chi connectivity index (χ0n) is 12.4. The van der Waals surface area contributed by atoms with E-state index >= 15 is 0 Å². The van der Waals surface area contributed by atoms with Crippen LogP contribution in [0.1, 0.15) is 32.3 Å². The Balaban J connectivity index is 2.21. The first-order chi connectivity index (χ1) is 9.04. The van der Waals surface area contributed by atoms with Gasteiger partial charge in [0.15, 0.2) is 0 Å². The number of ether oxygens (including phenoxy) is 1. The molecule has 1 aromatic rings. The molecule has 106 valence electrons. The molecule has 2 unspecified atom stereocenters. The van der Waals surface area contributed by atoms with E-state index in [2.05, 4.69) is 43.0 Å². The average Bonchev–Trinajstić information content (AvgIpc) is 2.39. The normalized spacial score (nSPS) is 25.4. The Morgan fingerprint density at radius 1 is 1.42 bits per heavy atom. The van der Waals surface area contributed by atoms with Gasteiger partial charge in [-0.3, -0.25) is 0 Å². The molecule has 2 atom stereocenters. The van der Waals surface area contributed by atoms with Crippen molar-refractivity contribution in [2.45, 2.75) is 44.8 Å². The van der Waals surface area contributed by atoms with Crippen LogP contribution in [0.2, 0.25) is 0 Å². The fourth-order valence-corrected chi connectivity index (χ4v) is 2.92. The first-order valence-corrected chi connectivity index (χ1v) is 7.18. The monoisotopic (exact) mass is 262 g/mol. The molecule has 2 N–H and O–H groups in total. The van der Waals surface area contributed by atoms with Crippen molar-refractivity contribution in [1.82, 2.24) is 0 Å². The Hall–Kier alpha value is -1.06. The average molecular weight is 262 g/mol. The minimum absolute atomic E-state index is 0.0281. The van der Waals surface area contributed by atoms with Crippen molar-refractivity contribution < 1.29 is 4.74 Å². The Morgan fingerprint density at radius 2 is 2.16 bits per heavy atom. The van der Waals surface area contributed by atoms with Gasteiger partial charge in [0.2, 0.25) is 0 Å². The van der Waals surface area contributed by atoms with Gasteiger partial charge in [0.25, 0.3) is 0 Å². The molecule has 0 bridgehead atoms. The number of para-hydroxylation sites is 1. The van der Waals surface area contributed by atoms with Gasteiger partial charge in [-0.05, 0) is 44.7 Å². The van der Waals surface area contributed by atoms with Crippen LogP contribution in [-0.4, -0.2) is 31.8 Å². The van der Waals surface area contributed by atoms with E-state index in [9.17, 15) is 0 Å². The summed E-state index contributed by atoms with van der Waals surface area (Å²) in [5, 5.41) is 0. The fourth-order valence-electron chi connectivity index (χ4n) is 2.92. The summed E-state index contributed by atoms with van der Waals surface area (Å²) in [4.78, 5) is 2.45. The summed E-state index contributed by atoms with van der Waals surface area (Å²) in [5.74, 6) is 0. The molecule has 1 aliphatic heterocycles. The molecule has 1 aromatic carbocycles. The van der Waals surface area contributed by atoms with E-state index in [1.165, 1.54) is 17.7 Å². The number of methoxy groups -OCH3 is 1. The molecule has 0 aromatic heterocycles.